The normalized spacial score (nSPS) is 19.0. The number of anilines is 1. The van der Waals surface area contributed by atoms with E-state index in [2.05, 4.69) is 5.32 Å². The lowest BCUT2D eigenvalue weighted by Gasteiger charge is -2.25. The standard InChI is InChI=1S/C28H35N3O8S/c1-15-7-9-18(10-8-15)26-24(27(32)30-4)21-11-20-16(2)38-19(14-37-28(33)25(29)17(3)36-5)13-31(40(6,34)35)22(20)12-23(21)39-26/h7-12,16-17,19,25H,13-14,29H2,1-6H3,(H,30,32)/t16-,17+,19-,25-/m0/s1. The highest BCUT2D eigenvalue weighted by Gasteiger charge is 2.35. The molecule has 4 atom stereocenters. The van der Waals surface area contributed by atoms with Crippen LogP contribution in [0.1, 0.15) is 41.4 Å². The number of methoxy groups -OCH3 is 1. The Kier molecular flexibility index (Phi) is 8.55. The number of hydrogen-bond acceptors (Lipinski definition) is 9. The van der Waals surface area contributed by atoms with Gasteiger partial charge in [0.2, 0.25) is 10.0 Å². The minimum Gasteiger partial charge on any atom is -0.462 e. The average Bonchev–Trinajstić information content (AvgIpc) is 3.23. The summed E-state index contributed by atoms with van der Waals surface area (Å²) < 4.78 is 50.0. The van der Waals surface area contributed by atoms with Crippen LogP contribution >= 0.6 is 0 Å². The second-order valence-corrected chi connectivity index (χ2v) is 11.9. The van der Waals surface area contributed by atoms with Gasteiger partial charge in [-0.2, -0.15) is 0 Å². The van der Waals surface area contributed by atoms with E-state index in [1.807, 2.05) is 31.2 Å². The van der Waals surface area contributed by atoms with Crippen LogP contribution < -0.4 is 15.4 Å². The molecule has 1 aromatic heterocycles. The van der Waals surface area contributed by atoms with Gasteiger partial charge in [0.05, 0.1) is 36.3 Å². The number of aryl methyl sites for hydroxylation is 1. The van der Waals surface area contributed by atoms with Gasteiger partial charge in [-0.25, -0.2) is 8.42 Å². The number of nitrogens with one attached hydrogen (secondary N) is 1. The number of nitrogens with zero attached hydrogens (tertiary/aromatic N) is 1. The fourth-order valence-electron chi connectivity index (χ4n) is 4.65. The number of ether oxygens (including phenoxy) is 3. The molecule has 3 N–H and O–H groups in total. The average molecular weight is 574 g/mol. The van der Waals surface area contributed by atoms with Crippen molar-refractivity contribution in [1.29, 1.82) is 0 Å². The molecule has 2 aromatic carbocycles. The molecule has 3 aromatic rings. The number of carbonyl (C=O) groups excluding carboxylic acids is 2. The van der Waals surface area contributed by atoms with Crippen molar-refractivity contribution in [3.8, 4) is 11.3 Å². The van der Waals surface area contributed by atoms with Crippen molar-refractivity contribution in [2.45, 2.75) is 45.1 Å². The largest absolute Gasteiger partial charge is 0.462 e. The van der Waals surface area contributed by atoms with E-state index in [1.165, 1.54) is 18.5 Å². The third kappa shape index (κ3) is 5.85. The molecule has 1 aliphatic rings. The van der Waals surface area contributed by atoms with E-state index in [1.54, 1.807) is 26.0 Å². The zero-order valence-corrected chi connectivity index (χ0v) is 24.2. The van der Waals surface area contributed by atoms with Gasteiger partial charge in [0.15, 0.2) is 0 Å². The van der Waals surface area contributed by atoms with Gasteiger partial charge in [0, 0.05) is 36.7 Å². The number of benzene rings is 2. The van der Waals surface area contributed by atoms with Crippen LogP contribution in [-0.4, -0.2) is 72.1 Å². The van der Waals surface area contributed by atoms with E-state index < -0.39 is 40.3 Å². The van der Waals surface area contributed by atoms with Crippen LogP contribution in [0.4, 0.5) is 5.69 Å². The summed E-state index contributed by atoms with van der Waals surface area (Å²) in [5, 5.41) is 3.18. The Morgan fingerprint density at radius 3 is 2.50 bits per heavy atom. The van der Waals surface area contributed by atoms with Crippen LogP contribution in [0, 0.1) is 6.92 Å². The molecule has 4 rings (SSSR count). The molecule has 0 fully saturated rings. The van der Waals surface area contributed by atoms with Gasteiger partial charge in [0.25, 0.3) is 5.91 Å². The summed E-state index contributed by atoms with van der Waals surface area (Å²) in [6.45, 7) is 5.04. The number of esters is 1. The van der Waals surface area contributed by atoms with Gasteiger partial charge in [-0.1, -0.05) is 29.8 Å². The molecule has 11 nitrogen and oxygen atoms in total. The lowest BCUT2D eigenvalue weighted by atomic mass is 10.00. The molecule has 1 aliphatic heterocycles. The van der Waals surface area contributed by atoms with Crippen molar-refractivity contribution >= 4 is 38.6 Å². The highest BCUT2D eigenvalue weighted by molar-refractivity contribution is 7.92. The molecule has 0 aliphatic carbocycles. The van der Waals surface area contributed by atoms with Gasteiger partial charge in [-0.3, -0.25) is 13.9 Å². The van der Waals surface area contributed by atoms with E-state index in [0.29, 0.717) is 39.1 Å². The van der Waals surface area contributed by atoms with Crippen LogP contribution in [0.25, 0.3) is 22.3 Å². The molecule has 2 heterocycles. The quantitative estimate of drug-likeness (QED) is 0.388. The number of nitrogens with two attached hydrogens (primary N) is 1. The number of sulfonamides is 1. The SMILES string of the molecule is CNC(=O)c1c(-c2ccc(C)cc2)oc2cc3c(cc12)[C@H](C)O[C@H](COC(=O)[C@@H](N)[C@@H](C)OC)CN3S(C)(=O)=O. The molecule has 0 saturated carbocycles. The highest BCUT2D eigenvalue weighted by Crippen LogP contribution is 2.42. The zero-order chi connectivity index (χ0) is 29.4. The number of carbonyl (C=O) groups is 2. The summed E-state index contributed by atoms with van der Waals surface area (Å²) in [6, 6.07) is 9.90. The minimum atomic E-state index is -3.79. The topological polar surface area (TPSA) is 150 Å². The van der Waals surface area contributed by atoms with Gasteiger partial charge in [-0.15, -0.1) is 0 Å². The molecule has 216 valence electrons. The molecule has 1 amide bonds. The predicted molar refractivity (Wildman–Crippen MR) is 151 cm³/mol. The summed E-state index contributed by atoms with van der Waals surface area (Å²) in [5.74, 6) is -0.655. The number of rotatable bonds is 8. The maximum atomic E-state index is 13.0. The van der Waals surface area contributed by atoms with E-state index in [-0.39, 0.29) is 19.1 Å². The third-order valence-electron chi connectivity index (χ3n) is 7.04. The lowest BCUT2D eigenvalue weighted by Crippen LogP contribution is -2.44. The molecule has 40 heavy (non-hydrogen) atoms. The molecule has 0 saturated heterocycles. The van der Waals surface area contributed by atoms with E-state index in [4.69, 9.17) is 24.4 Å². The first kappa shape index (κ1) is 29.5. The Bertz CT molecular complexity index is 1520. The minimum absolute atomic E-state index is 0.113. The van der Waals surface area contributed by atoms with Crippen molar-refractivity contribution in [2.75, 3.05) is 37.9 Å². The maximum Gasteiger partial charge on any atom is 0.325 e. The van der Waals surface area contributed by atoms with Gasteiger partial charge >= 0.3 is 5.97 Å². The molecule has 0 radical (unpaired) electrons. The zero-order valence-electron chi connectivity index (χ0n) is 23.4. The number of hydrogen-bond donors (Lipinski definition) is 2. The second-order valence-electron chi connectivity index (χ2n) is 9.95. The molecule has 12 heteroatoms. The van der Waals surface area contributed by atoms with Crippen molar-refractivity contribution < 1.29 is 36.6 Å². The number of amides is 1. The third-order valence-corrected chi connectivity index (χ3v) is 8.19. The number of furan rings is 1. The van der Waals surface area contributed by atoms with Gasteiger partial charge in [-0.05, 0) is 26.8 Å². The number of fused-ring (bicyclic) bond motifs is 2. The molecular formula is C28H35N3O8S. The maximum absolute atomic E-state index is 13.0. The Labute approximate surface area is 233 Å². The molecular weight excluding hydrogens is 538 g/mol. The van der Waals surface area contributed by atoms with Crippen LogP contribution in [0.2, 0.25) is 0 Å². The summed E-state index contributed by atoms with van der Waals surface area (Å²) in [7, 11) is -0.825. The van der Waals surface area contributed by atoms with Gasteiger partial charge < -0.3 is 29.7 Å². The summed E-state index contributed by atoms with van der Waals surface area (Å²) in [5.41, 5.74) is 9.21. The molecule has 0 unspecified atom stereocenters. The van der Waals surface area contributed by atoms with Crippen molar-refractivity contribution in [2.24, 2.45) is 5.73 Å². The van der Waals surface area contributed by atoms with Gasteiger partial charge in [0.1, 0.15) is 30.1 Å². The van der Waals surface area contributed by atoms with Crippen LogP contribution in [0.15, 0.2) is 40.8 Å². The Morgan fingerprint density at radius 2 is 1.90 bits per heavy atom. The Balaban J connectivity index is 1.77. The van der Waals surface area contributed by atoms with Crippen molar-refractivity contribution in [3.63, 3.8) is 0 Å². The summed E-state index contributed by atoms with van der Waals surface area (Å²) in [6.07, 6.45) is -0.880. The van der Waals surface area contributed by atoms with E-state index in [0.717, 1.165) is 11.8 Å². The van der Waals surface area contributed by atoms with E-state index in [9.17, 15) is 18.0 Å². The second kappa shape index (κ2) is 11.6. The first-order chi connectivity index (χ1) is 18.8. The Morgan fingerprint density at radius 1 is 1.23 bits per heavy atom. The van der Waals surface area contributed by atoms with E-state index >= 15 is 0 Å². The monoisotopic (exact) mass is 573 g/mol. The van der Waals surface area contributed by atoms with Crippen molar-refractivity contribution in [1.82, 2.24) is 5.32 Å². The predicted octanol–water partition coefficient (Wildman–Crippen LogP) is 2.90. The first-order valence-electron chi connectivity index (χ1n) is 12.8. The summed E-state index contributed by atoms with van der Waals surface area (Å²) >= 11 is 0. The van der Waals surface area contributed by atoms with Crippen LogP contribution in [-0.2, 0) is 29.0 Å². The Hall–Kier alpha value is -3.45. The fraction of sp³-hybridized carbons (Fsp3) is 0.429. The molecule has 0 spiro atoms. The van der Waals surface area contributed by atoms with Crippen molar-refractivity contribution in [3.05, 3.63) is 53.1 Å². The fourth-order valence-corrected chi connectivity index (χ4v) is 5.61. The van der Waals surface area contributed by atoms with Crippen LogP contribution in [0.5, 0.6) is 0 Å². The van der Waals surface area contributed by atoms with Crippen LogP contribution in [0.3, 0.4) is 0 Å². The summed E-state index contributed by atoms with van der Waals surface area (Å²) in [4.78, 5) is 25.4. The first-order valence-corrected chi connectivity index (χ1v) is 14.7. The molecule has 0 bridgehead atoms. The lowest BCUT2D eigenvalue weighted by molar-refractivity contribution is -0.153. The highest BCUT2D eigenvalue weighted by atomic mass is 32.2. The smallest absolute Gasteiger partial charge is 0.325 e.